The first-order chi connectivity index (χ1) is 8.04. The van der Waals surface area contributed by atoms with Crippen LogP contribution in [-0.4, -0.2) is 34.3 Å². The average Bonchev–Trinajstić information content (AvgIpc) is 2.28. The Morgan fingerprint density at radius 2 is 1.82 bits per heavy atom. The molecule has 0 aliphatic heterocycles. The molecule has 96 valence electrons. The van der Waals surface area contributed by atoms with E-state index in [9.17, 15) is 8.42 Å². The highest BCUT2D eigenvalue weighted by Gasteiger charge is 2.05. The highest BCUT2D eigenvalue weighted by atomic mass is 32.2. The average molecular weight is 256 g/mol. The molecular weight excluding hydrogens is 236 g/mol. The molecule has 0 atom stereocenters. The van der Waals surface area contributed by atoms with Crippen LogP contribution in [0, 0.1) is 0 Å². The first kappa shape index (κ1) is 14.2. The van der Waals surface area contributed by atoms with Crippen molar-refractivity contribution in [1.29, 1.82) is 0 Å². The van der Waals surface area contributed by atoms with Gasteiger partial charge in [-0.25, -0.2) is 8.42 Å². The summed E-state index contributed by atoms with van der Waals surface area (Å²) in [5.74, 6) is 0. The lowest BCUT2D eigenvalue weighted by atomic mass is 10.1. The molecule has 3 N–H and O–H groups in total. The smallest absolute Gasteiger partial charge is 0.175 e. The van der Waals surface area contributed by atoms with E-state index in [1.807, 2.05) is 12.1 Å². The summed E-state index contributed by atoms with van der Waals surface area (Å²) in [5.41, 5.74) is 6.52. The van der Waals surface area contributed by atoms with Crippen molar-refractivity contribution in [3.63, 3.8) is 0 Å². The molecule has 0 unspecified atom stereocenters. The van der Waals surface area contributed by atoms with Crippen LogP contribution in [0.15, 0.2) is 29.2 Å². The molecule has 0 aliphatic rings. The standard InChI is InChI=1S/C12H20N2O2S/c1-17(15,16)12-5-3-11(4-6-12)7-10-14-9-2-8-13/h3-6,14H,2,7-10,13H2,1H3. The third-order valence-corrected chi connectivity index (χ3v) is 3.63. The van der Waals surface area contributed by atoms with E-state index in [-0.39, 0.29) is 0 Å². The van der Waals surface area contributed by atoms with Crippen molar-refractivity contribution in [2.45, 2.75) is 17.7 Å². The van der Waals surface area contributed by atoms with Gasteiger partial charge in [0.05, 0.1) is 4.90 Å². The first-order valence-electron chi connectivity index (χ1n) is 5.74. The van der Waals surface area contributed by atoms with E-state index in [1.165, 1.54) is 6.26 Å². The molecule has 0 spiro atoms. The molecular formula is C12H20N2O2S. The Morgan fingerprint density at radius 3 is 2.35 bits per heavy atom. The fourth-order valence-electron chi connectivity index (χ4n) is 1.49. The SMILES string of the molecule is CS(=O)(=O)c1ccc(CCNCCCN)cc1. The second-order valence-electron chi connectivity index (χ2n) is 4.06. The van der Waals surface area contributed by atoms with Crippen molar-refractivity contribution in [2.75, 3.05) is 25.9 Å². The number of hydrogen-bond donors (Lipinski definition) is 2. The molecule has 0 saturated carbocycles. The fourth-order valence-corrected chi connectivity index (χ4v) is 2.12. The van der Waals surface area contributed by atoms with Crippen molar-refractivity contribution in [1.82, 2.24) is 5.32 Å². The second-order valence-corrected chi connectivity index (χ2v) is 6.07. The van der Waals surface area contributed by atoms with Crippen LogP contribution < -0.4 is 11.1 Å². The zero-order valence-corrected chi connectivity index (χ0v) is 11.0. The zero-order chi connectivity index (χ0) is 12.7. The van der Waals surface area contributed by atoms with Gasteiger partial charge in [-0.3, -0.25) is 0 Å². The highest BCUT2D eigenvalue weighted by molar-refractivity contribution is 7.90. The van der Waals surface area contributed by atoms with Gasteiger partial charge in [0.15, 0.2) is 9.84 Å². The lowest BCUT2D eigenvalue weighted by molar-refractivity contribution is 0.602. The van der Waals surface area contributed by atoms with Crippen LogP contribution in [0.1, 0.15) is 12.0 Å². The van der Waals surface area contributed by atoms with E-state index in [0.717, 1.165) is 31.5 Å². The minimum Gasteiger partial charge on any atom is -0.330 e. The molecule has 0 aromatic heterocycles. The van der Waals surface area contributed by atoms with Gasteiger partial charge in [0.1, 0.15) is 0 Å². The quantitative estimate of drug-likeness (QED) is 0.700. The van der Waals surface area contributed by atoms with Gasteiger partial charge in [-0.15, -0.1) is 0 Å². The highest BCUT2D eigenvalue weighted by Crippen LogP contribution is 2.10. The lowest BCUT2D eigenvalue weighted by Gasteiger charge is -2.05. The van der Waals surface area contributed by atoms with Crippen LogP contribution in [-0.2, 0) is 16.3 Å². The van der Waals surface area contributed by atoms with E-state index in [0.29, 0.717) is 11.4 Å². The molecule has 0 aliphatic carbocycles. The van der Waals surface area contributed by atoms with E-state index in [2.05, 4.69) is 5.32 Å². The summed E-state index contributed by atoms with van der Waals surface area (Å²) < 4.78 is 22.5. The summed E-state index contributed by atoms with van der Waals surface area (Å²) in [7, 11) is -3.08. The van der Waals surface area contributed by atoms with E-state index in [4.69, 9.17) is 5.73 Å². The summed E-state index contributed by atoms with van der Waals surface area (Å²) >= 11 is 0. The van der Waals surface area contributed by atoms with Gasteiger partial charge in [-0.2, -0.15) is 0 Å². The van der Waals surface area contributed by atoms with Gasteiger partial charge in [0, 0.05) is 6.26 Å². The topological polar surface area (TPSA) is 72.2 Å². The number of nitrogens with two attached hydrogens (primary N) is 1. The Morgan fingerprint density at radius 1 is 1.18 bits per heavy atom. The van der Waals surface area contributed by atoms with Crippen molar-refractivity contribution in [3.05, 3.63) is 29.8 Å². The predicted octanol–water partition coefficient (Wildman–Crippen LogP) is 0.571. The number of hydrogen-bond acceptors (Lipinski definition) is 4. The van der Waals surface area contributed by atoms with Gasteiger partial charge in [-0.1, -0.05) is 12.1 Å². The Balaban J connectivity index is 2.41. The van der Waals surface area contributed by atoms with Crippen molar-refractivity contribution < 1.29 is 8.42 Å². The van der Waals surface area contributed by atoms with Gasteiger partial charge in [0.25, 0.3) is 0 Å². The minimum absolute atomic E-state index is 0.373. The van der Waals surface area contributed by atoms with Crippen LogP contribution >= 0.6 is 0 Å². The van der Waals surface area contributed by atoms with E-state index >= 15 is 0 Å². The van der Waals surface area contributed by atoms with E-state index < -0.39 is 9.84 Å². The summed E-state index contributed by atoms with van der Waals surface area (Å²) in [6.07, 6.45) is 3.10. The largest absolute Gasteiger partial charge is 0.330 e. The zero-order valence-electron chi connectivity index (χ0n) is 10.1. The van der Waals surface area contributed by atoms with Gasteiger partial charge in [0.2, 0.25) is 0 Å². The first-order valence-corrected chi connectivity index (χ1v) is 7.63. The Labute approximate surface area is 103 Å². The summed E-state index contributed by atoms with van der Waals surface area (Å²) in [5, 5.41) is 3.28. The summed E-state index contributed by atoms with van der Waals surface area (Å²) in [6.45, 7) is 2.52. The number of benzene rings is 1. The Hall–Kier alpha value is -0.910. The summed E-state index contributed by atoms with van der Waals surface area (Å²) in [4.78, 5) is 0.373. The number of nitrogens with one attached hydrogen (secondary N) is 1. The molecule has 0 saturated heterocycles. The molecule has 4 nitrogen and oxygen atoms in total. The van der Waals surface area contributed by atoms with Gasteiger partial charge < -0.3 is 11.1 Å². The third-order valence-electron chi connectivity index (χ3n) is 2.50. The van der Waals surface area contributed by atoms with Gasteiger partial charge >= 0.3 is 0 Å². The molecule has 0 fully saturated rings. The van der Waals surface area contributed by atoms with Crippen molar-refractivity contribution in [3.8, 4) is 0 Å². The molecule has 0 heterocycles. The molecule has 1 rings (SSSR count). The number of rotatable bonds is 7. The van der Waals surface area contributed by atoms with Crippen molar-refractivity contribution in [2.24, 2.45) is 5.73 Å². The van der Waals surface area contributed by atoms with E-state index in [1.54, 1.807) is 12.1 Å². The molecule has 0 amide bonds. The van der Waals surface area contributed by atoms with Crippen LogP contribution in [0.3, 0.4) is 0 Å². The maximum absolute atomic E-state index is 11.3. The lowest BCUT2D eigenvalue weighted by Crippen LogP contribution is -2.20. The number of sulfone groups is 1. The fraction of sp³-hybridized carbons (Fsp3) is 0.500. The molecule has 1 aromatic carbocycles. The molecule has 17 heavy (non-hydrogen) atoms. The predicted molar refractivity (Wildman–Crippen MR) is 69.8 cm³/mol. The third kappa shape index (κ3) is 5.30. The second kappa shape index (κ2) is 6.74. The van der Waals surface area contributed by atoms with Gasteiger partial charge in [-0.05, 0) is 50.2 Å². The molecule has 5 heteroatoms. The maximum Gasteiger partial charge on any atom is 0.175 e. The van der Waals surface area contributed by atoms with Crippen LogP contribution in [0.2, 0.25) is 0 Å². The van der Waals surface area contributed by atoms with Crippen LogP contribution in [0.4, 0.5) is 0 Å². The minimum atomic E-state index is -3.08. The summed E-state index contributed by atoms with van der Waals surface area (Å²) in [6, 6.07) is 7.04. The monoisotopic (exact) mass is 256 g/mol. The Kier molecular flexibility index (Phi) is 5.61. The molecule has 0 radical (unpaired) electrons. The molecule has 1 aromatic rings. The Bertz CT molecular complexity index is 426. The normalized spacial score (nSPS) is 11.6. The molecule has 0 bridgehead atoms. The van der Waals surface area contributed by atoms with Crippen LogP contribution in [0.25, 0.3) is 0 Å². The van der Waals surface area contributed by atoms with Crippen molar-refractivity contribution >= 4 is 9.84 Å². The van der Waals surface area contributed by atoms with Crippen LogP contribution in [0.5, 0.6) is 0 Å². The maximum atomic E-state index is 11.3.